The van der Waals surface area contributed by atoms with Crippen molar-refractivity contribution in [2.75, 3.05) is 45.1 Å². The van der Waals surface area contributed by atoms with Crippen molar-refractivity contribution in [2.24, 2.45) is 0 Å². The number of morpholine rings is 1. The first-order chi connectivity index (χ1) is 10.2. The first-order valence-electron chi connectivity index (χ1n) is 7.24. The van der Waals surface area contributed by atoms with Gasteiger partial charge in [0.05, 0.1) is 19.0 Å². The van der Waals surface area contributed by atoms with Crippen LogP contribution < -0.4 is 0 Å². The van der Waals surface area contributed by atoms with Gasteiger partial charge in [-0.15, -0.1) is 11.8 Å². The van der Waals surface area contributed by atoms with Crippen molar-refractivity contribution >= 4 is 17.7 Å². The van der Waals surface area contributed by atoms with Crippen LogP contribution in [0.25, 0.3) is 0 Å². The average molecular weight is 308 g/mol. The van der Waals surface area contributed by atoms with Crippen LogP contribution >= 0.6 is 11.8 Å². The van der Waals surface area contributed by atoms with Gasteiger partial charge in [0, 0.05) is 26.2 Å². The maximum absolute atomic E-state index is 12.1. The summed E-state index contributed by atoms with van der Waals surface area (Å²) in [5.74, 6) is 0.994. The fraction of sp³-hybridized carbons (Fsp3) is 0.533. The van der Waals surface area contributed by atoms with Gasteiger partial charge in [0.2, 0.25) is 5.91 Å². The second-order valence-corrected chi connectivity index (χ2v) is 6.36. The van der Waals surface area contributed by atoms with Crippen LogP contribution in [0.15, 0.2) is 24.3 Å². The van der Waals surface area contributed by atoms with E-state index in [4.69, 9.17) is 4.74 Å². The molecule has 1 aromatic carbocycles. The second kappa shape index (κ2) is 6.68. The van der Waals surface area contributed by atoms with E-state index in [-0.39, 0.29) is 17.0 Å². The fourth-order valence-corrected chi connectivity index (χ4v) is 3.90. The Morgan fingerprint density at radius 3 is 2.62 bits per heavy atom. The smallest absolute Gasteiger partial charge is 0.233 e. The Morgan fingerprint density at radius 1 is 1.19 bits per heavy atom. The Hall–Kier alpha value is -1.24. The standard InChI is InChI=1S/C15H20N2O3S/c18-13-3-1-12(2-4-13)15-17(14(19)11-21-15)6-5-16-7-9-20-10-8-16/h1-4,15,18H,5-11H2/t15-/m0/s1. The van der Waals surface area contributed by atoms with Gasteiger partial charge >= 0.3 is 0 Å². The lowest BCUT2D eigenvalue weighted by Gasteiger charge is -2.30. The molecule has 21 heavy (non-hydrogen) atoms. The predicted molar refractivity (Wildman–Crippen MR) is 82.3 cm³/mol. The Kier molecular flexibility index (Phi) is 4.67. The van der Waals surface area contributed by atoms with Crippen LogP contribution in [0.1, 0.15) is 10.9 Å². The van der Waals surface area contributed by atoms with Gasteiger partial charge < -0.3 is 14.7 Å². The molecule has 3 rings (SSSR count). The molecular weight excluding hydrogens is 288 g/mol. The number of rotatable bonds is 4. The monoisotopic (exact) mass is 308 g/mol. The maximum Gasteiger partial charge on any atom is 0.233 e. The van der Waals surface area contributed by atoms with Gasteiger partial charge in [-0.2, -0.15) is 0 Å². The van der Waals surface area contributed by atoms with E-state index in [2.05, 4.69) is 4.90 Å². The number of phenolic OH excluding ortho intramolecular Hbond substituents is 1. The van der Waals surface area contributed by atoms with Gasteiger partial charge in [0.25, 0.3) is 0 Å². The minimum absolute atomic E-state index is 0.0686. The summed E-state index contributed by atoms with van der Waals surface area (Å²) in [4.78, 5) is 16.4. The van der Waals surface area contributed by atoms with Crippen LogP contribution in [0.5, 0.6) is 5.75 Å². The Bertz CT molecular complexity index is 488. The van der Waals surface area contributed by atoms with Gasteiger partial charge in [-0.05, 0) is 17.7 Å². The van der Waals surface area contributed by atoms with Crippen LogP contribution in [0.2, 0.25) is 0 Å². The molecule has 114 valence electrons. The molecule has 0 radical (unpaired) electrons. The van der Waals surface area contributed by atoms with E-state index in [0.29, 0.717) is 5.75 Å². The fourth-order valence-electron chi connectivity index (χ4n) is 2.68. The number of benzene rings is 1. The summed E-state index contributed by atoms with van der Waals surface area (Å²) in [6, 6.07) is 7.15. The SMILES string of the molecule is O=C1CS[C@@H](c2ccc(O)cc2)N1CCN1CCOCC1. The number of hydrogen-bond donors (Lipinski definition) is 1. The lowest BCUT2D eigenvalue weighted by molar-refractivity contribution is -0.128. The molecule has 2 fully saturated rings. The lowest BCUT2D eigenvalue weighted by Crippen LogP contribution is -2.42. The predicted octanol–water partition coefficient (Wildman–Crippen LogP) is 1.30. The molecule has 1 atom stereocenters. The molecule has 1 aromatic rings. The van der Waals surface area contributed by atoms with Gasteiger partial charge in [-0.3, -0.25) is 9.69 Å². The molecule has 2 aliphatic heterocycles. The van der Waals surface area contributed by atoms with E-state index in [1.54, 1.807) is 23.9 Å². The van der Waals surface area contributed by atoms with Gasteiger partial charge in [-0.1, -0.05) is 12.1 Å². The Balaban J connectivity index is 1.63. The van der Waals surface area contributed by atoms with Crippen molar-refractivity contribution in [3.05, 3.63) is 29.8 Å². The molecule has 0 saturated carbocycles. The van der Waals surface area contributed by atoms with Gasteiger partial charge in [-0.25, -0.2) is 0 Å². The van der Waals surface area contributed by atoms with Crippen molar-refractivity contribution in [2.45, 2.75) is 5.37 Å². The third kappa shape index (κ3) is 3.51. The van der Waals surface area contributed by atoms with Crippen LogP contribution in [-0.4, -0.2) is 66.0 Å². The highest BCUT2D eigenvalue weighted by molar-refractivity contribution is 8.00. The average Bonchev–Trinajstić information content (AvgIpc) is 2.88. The third-order valence-electron chi connectivity index (χ3n) is 3.91. The molecule has 6 heteroatoms. The molecule has 0 spiro atoms. The molecule has 2 heterocycles. The highest BCUT2D eigenvalue weighted by Gasteiger charge is 2.32. The molecule has 1 N–H and O–H groups in total. The zero-order valence-electron chi connectivity index (χ0n) is 11.9. The summed E-state index contributed by atoms with van der Waals surface area (Å²) in [6.45, 7) is 5.09. The van der Waals surface area contributed by atoms with Crippen LogP contribution in [0.3, 0.4) is 0 Å². The van der Waals surface area contributed by atoms with E-state index in [1.165, 1.54) is 0 Å². The lowest BCUT2D eigenvalue weighted by atomic mass is 10.2. The second-order valence-electron chi connectivity index (χ2n) is 5.30. The quantitative estimate of drug-likeness (QED) is 0.908. The summed E-state index contributed by atoms with van der Waals surface area (Å²) in [5, 5.41) is 9.45. The van der Waals surface area contributed by atoms with Crippen molar-refractivity contribution in [1.82, 2.24) is 9.80 Å². The molecule has 2 aliphatic rings. The summed E-state index contributed by atoms with van der Waals surface area (Å²) < 4.78 is 5.34. The highest BCUT2D eigenvalue weighted by Crippen LogP contribution is 2.38. The van der Waals surface area contributed by atoms with Gasteiger partial charge in [0.15, 0.2) is 0 Å². The summed E-state index contributed by atoms with van der Waals surface area (Å²) in [6.07, 6.45) is 0. The van der Waals surface area contributed by atoms with Crippen molar-refractivity contribution in [1.29, 1.82) is 0 Å². The molecule has 5 nitrogen and oxygen atoms in total. The van der Waals surface area contributed by atoms with E-state index in [9.17, 15) is 9.90 Å². The molecule has 2 saturated heterocycles. The molecule has 0 aromatic heterocycles. The number of carbonyl (C=O) groups is 1. The van der Waals surface area contributed by atoms with Crippen LogP contribution in [-0.2, 0) is 9.53 Å². The topological polar surface area (TPSA) is 53.0 Å². The van der Waals surface area contributed by atoms with Crippen molar-refractivity contribution < 1.29 is 14.6 Å². The maximum atomic E-state index is 12.1. The number of nitrogens with zero attached hydrogens (tertiary/aromatic N) is 2. The number of aromatic hydroxyl groups is 1. The minimum Gasteiger partial charge on any atom is -0.508 e. The number of carbonyl (C=O) groups excluding carboxylic acids is 1. The largest absolute Gasteiger partial charge is 0.508 e. The number of hydrogen-bond acceptors (Lipinski definition) is 5. The normalized spacial score (nSPS) is 23.7. The summed E-state index contributed by atoms with van der Waals surface area (Å²) in [7, 11) is 0. The summed E-state index contributed by atoms with van der Waals surface area (Å²) in [5.41, 5.74) is 1.07. The van der Waals surface area contributed by atoms with E-state index in [1.807, 2.05) is 17.0 Å². The van der Waals surface area contributed by atoms with Gasteiger partial charge in [0.1, 0.15) is 11.1 Å². The zero-order valence-corrected chi connectivity index (χ0v) is 12.7. The first kappa shape index (κ1) is 14.7. The number of phenols is 1. The Labute approximate surface area is 128 Å². The number of thioether (sulfide) groups is 1. The minimum atomic E-state index is 0.0686. The zero-order chi connectivity index (χ0) is 14.7. The molecule has 0 bridgehead atoms. The van der Waals surface area contributed by atoms with E-state index in [0.717, 1.165) is 45.0 Å². The van der Waals surface area contributed by atoms with Crippen LogP contribution in [0.4, 0.5) is 0 Å². The van der Waals surface area contributed by atoms with Crippen molar-refractivity contribution in [3.63, 3.8) is 0 Å². The Morgan fingerprint density at radius 2 is 1.90 bits per heavy atom. The summed E-state index contributed by atoms with van der Waals surface area (Å²) >= 11 is 1.66. The third-order valence-corrected chi connectivity index (χ3v) is 5.16. The van der Waals surface area contributed by atoms with E-state index < -0.39 is 0 Å². The molecule has 0 unspecified atom stereocenters. The number of amides is 1. The molecular formula is C15H20N2O3S. The number of ether oxygens (including phenoxy) is 1. The van der Waals surface area contributed by atoms with Crippen LogP contribution in [0, 0.1) is 0 Å². The first-order valence-corrected chi connectivity index (χ1v) is 8.29. The highest BCUT2D eigenvalue weighted by atomic mass is 32.2. The van der Waals surface area contributed by atoms with Crippen molar-refractivity contribution in [3.8, 4) is 5.75 Å². The molecule has 0 aliphatic carbocycles. The molecule has 1 amide bonds. The van der Waals surface area contributed by atoms with E-state index >= 15 is 0 Å².